The Kier molecular flexibility index (Phi) is 6.18. The van der Waals surface area contributed by atoms with E-state index in [-0.39, 0.29) is 35.0 Å². The van der Waals surface area contributed by atoms with Gasteiger partial charge in [-0.2, -0.15) is 0 Å². The van der Waals surface area contributed by atoms with Crippen molar-refractivity contribution in [3.05, 3.63) is 63.5 Å². The summed E-state index contributed by atoms with van der Waals surface area (Å²) >= 11 is 0. The lowest BCUT2D eigenvalue weighted by Gasteiger charge is -2.21. The summed E-state index contributed by atoms with van der Waals surface area (Å²) in [4.78, 5) is 36.3. The zero-order chi connectivity index (χ0) is 22.8. The van der Waals surface area contributed by atoms with E-state index in [2.05, 4.69) is 9.97 Å². The SMILES string of the molecule is CCOC(=O)c1cn(CCc2ccccn2)c2nc(N3CCC(N)C3)c(F)c(C)c2c1=O. The van der Waals surface area contributed by atoms with Crippen LogP contribution < -0.4 is 16.1 Å². The second kappa shape index (κ2) is 9.04. The number of pyridine rings is 3. The first-order chi connectivity index (χ1) is 15.4. The molecule has 1 saturated heterocycles. The third kappa shape index (κ3) is 4.08. The fraction of sp³-hybridized carbons (Fsp3) is 0.391. The number of hydrogen-bond acceptors (Lipinski definition) is 7. The number of esters is 1. The van der Waals surface area contributed by atoms with Crippen molar-refractivity contribution in [3.8, 4) is 0 Å². The van der Waals surface area contributed by atoms with Crippen molar-refractivity contribution >= 4 is 22.8 Å². The predicted molar refractivity (Wildman–Crippen MR) is 119 cm³/mol. The summed E-state index contributed by atoms with van der Waals surface area (Å²) in [5.41, 5.74) is 6.62. The highest BCUT2D eigenvalue weighted by molar-refractivity contribution is 5.94. The molecule has 0 saturated carbocycles. The Morgan fingerprint density at radius 1 is 1.38 bits per heavy atom. The molecule has 168 valence electrons. The van der Waals surface area contributed by atoms with Gasteiger partial charge in [-0.15, -0.1) is 0 Å². The minimum Gasteiger partial charge on any atom is -0.462 e. The van der Waals surface area contributed by atoms with E-state index in [4.69, 9.17) is 10.5 Å². The second-order valence-corrected chi connectivity index (χ2v) is 7.92. The summed E-state index contributed by atoms with van der Waals surface area (Å²) in [6.07, 6.45) is 4.44. The van der Waals surface area contributed by atoms with E-state index in [0.717, 1.165) is 12.1 Å². The van der Waals surface area contributed by atoms with Gasteiger partial charge < -0.3 is 19.9 Å². The lowest BCUT2D eigenvalue weighted by atomic mass is 10.1. The molecule has 4 heterocycles. The largest absolute Gasteiger partial charge is 0.462 e. The number of fused-ring (bicyclic) bond motifs is 1. The third-order valence-electron chi connectivity index (χ3n) is 5.72. The molecule has 0 aromatic carbocycles. The van der Waals surface area contributed by atoms with Gasteiger partial charge in [0.15, 0.2) is 11.6 Å². The van der Waals surface area contributed by atoms with E-state index in [0.29, 0.717) is 31.7 Å². The van der Waals surface area contributed by atoms with Crippen LogP contribution in [-0.2, 0) is 17.7 Å². The molecular formula is C23H26FN5O3. The number of anilines is 1. The average molecular weight is 439 g/mol. The number of hydrogen-bond donors (Lipinski definition) is 1. The fourth-order valence-corrected chi connectivity index (χ4v) is 4.04. The topological polar surface area (TPSA) is 103 Å². The Bertz CT molecular complexity index is 1210. The molecule has 0 bridgehead atoms. The summed E-state index contributed by atoms with van der Waals surface area (Å²) in [7, 11) is 0. The van der Waals surface area contributed by atoms with E-state index in [1.165, 1.54) is 13.1 Å². The van der Waals surface area contributed by atoms with E-state index in [1.807, 2.05) is 18.2 Å². The molecule has 1 aliphatic rings. The highest BCUT2D eigenvalue weighted by Gasteiger charge is 2.27. The molecular weight excluding hydrogens is 413 g/mol. The first-order valence-corrected chi connectivity index (χ1v) is 10.7. The van der Waals surface area contributed by atoms with Crippen molar-refractivity contribution in [2.45, 2.75) is 39.3 Å². The first kappa shape index (κ1) is 21.9. The number of halogens is 1. The number of carbonyl (C=O) groups excluding carboxylic acids is 1. The summed E-state index contributed by atoms with van der Waals surface area (Å²) in [5, 5.41) is 0.0846. The Morgan fingerprint density at radius 3 is 2.84 bits per heavy atom. The van der Waals surface area contributed by atoms with Crippen LogP contribution in [0.5, 0.6) is 0 Å². The van der Waals surface area contributed by atoms with Crippen molar-refractivity contribution in [1.29, 1.82) is 0 Å². The van der Waals surface area contributed by atoms with E-state index in [1.54, 1.807) is 22.6 Å². The number of nitrogens with zero attached hydrogens (tertiary/aromatic N) is 4. The number of ether oxygens (including phenoxy) is 1. The van der Waals surface area contributed by atoms with Crippen LogP contribution in [0.3, 0.4) is 0 Å². The van der Waals surface area contributed by atoms with Crippen LogP contribution in [0.15, 0.2) is 35.4 Å². The number of aryl methyl sites for hydroxylation is 3. The number of aromatic nitrogens is 3. The van der Waals surface area contributed by atoms with E-state index >= 15 is 4.39 Å². The van der Waals surface area contributed by atoms with Crippen LogP contribution in [0.25, 0.3) is 11.0 Å². The van der Waals surface area contributed by atoms with Crippen molar-refractivity contribution in [3.63, 3.8) is 0 Å². The molecule has 2 N–H and O–H groups in total. The maximum atomic E-state index is 15.3. The minimum absolute atomic E-state index is 0.0512. The Labute approximate surface area is 184 Å². The minimum atomic E-state index is -0.736. The molecule has 0 spiro atoms. The standard InChI is InChI=1S/C23H26FN5O3/c1-3-32-23(31)17-13-29(11-8-16-6-4-5-9-26-16)21-18(20(17)30)14(2)19(24)22(27-21)28-10-7-15(25)12-28/h4-6,9,13,15H,3,7-8,10-12,25H2,1-2H3. The van der Waals surface area contributed by atoms with Crippen LogP contribution in [-0.4, -0.2) is 46.2 Å². The molecule has 1 atom stereocenters. The molecule has 4 rings (SSSR count). The van der Waals surface area contributed by atoms with Crippen LogP contribution >= 0.6 is 0 Å². The molecule has 0 radical (unpaired) electrons. The van der Waals surface area contributed by atoms with Crippen molar-refractivity contribution in [1.82, 2.24) is 14.5 Å². The fourth-order valence-electron chi connectivity index (χ4n) is 4.04. The number of nitrogens with two attached hydrogens (primary N) is 1. The maximum Gasteiger partial charge on any atom is 0.343 e. The lowest BCUT2D eigenvalue weighted by molar-refractivity contribution is 0.0524. The first-order valence-electron chi connectivity index (χ1n) is 10.7. The van der Waals surface area contributed by atoms with Gasteiger partial charge in [-0.3, -0.25) is 9.78 Å². The van der Waals surface area contributed by atoms with Gasteiger partial charge in [0.2, 0.25) is 5.43 Å². The molecule has 32 heavy (non-hydrogen) atoms. The monoisotopic (exact) mass is 439 g/mol. The molecule has 1 fully saturated rings. The van der Waals surface area contributed by atoms with Gasteiger partial charge in [-0.1, -0.05) is 6.07 Å². The summed E-state index contributed by atoms with van der Waals surface area (Å²) in [6.45, 7) is 4.82. The molecule has 0 aliphatic carbocycles. The van der Waals surface area contributed by atoms with Gasteiger partial charge in [-0.05, 0) is 32.4 Å². The lowest BCUT2D eigenvalue weighted by Crippen LogP contribution is -2.29. The van der Waals surface area contributed by atoms with Crippen LogP contribution in [0, 0.1) is 12.7 Å². The Balaban J connectivity index is 1.88. The summed E-state index contributed by atoms with van der Waals surface area (Å²) in [6, 6.07) is 5.57. The molecule has 1 unspecified atom stereocenters. The molecule has 0 amide bonds. The second-order valence-electron chi connectivity index (χ2n) is 7.92. The molecule has 3 aromatic heterocycles. The van der Waals surface area contributed by atoms with Crippen LogP contribution in [0.1, 0.15) is 35.0 Å². The van der Waals surface area contributed by atoms with E-state index in [9.17, 15) is 9.59 Å². The summed E-state index contributed by atoms with van der Waals surface area (Å²) in [5.74, 6) is -1.13. The average Bonchev–Trinajstić information content (AvgIpc) is 3.22. The van der Waals surface area contributed by atoms with Gasteiger partial charge >= 0.3 is 5.97 Å². The van der Waals surface area contributed by atoms with Crippen molar-refractivity contribution in [2.75, 3.05) is 24.6 Å². The quantitative estimate of drug-likeness (QED) is 0.587. The van der Waals surface area contributed by atoms with Gasteiger partial charge in [0.1, 0.15) is 11.2 Å². The zero-order valence-corrected chi connectivity index (χ0v) is 18.2. The molecule has 8 nitrogen and oxygen atoms in total. The van der Waals surface area contributed by atoms with Crippen molar-refractivity contribution < 1.29 is 13.9 Å². The van der Waals surface area contributed by atoms with Crippen molar-refractivity contribution in [2.24, 2.45) is 5.73 Å². The third-order valence-corrected chi connectivity index (χ3v) is 5.72. The smallest absolute Gasteiger partial charge is 0.343 e. The maximum absolute atomic E-state index is 15.3. The molecule has 3 aromatic rings. The van der Waals surface area contributed by atoms with Gasteiger partial charge in [0, 0.05) is 55.7 Å². The van der Waals surface area contributed by atoms with E-state index < -0.39 is 17.2 Å². The molecule has 9 heteroatoms. The van der Waals surface area contributed by atoms with Gasteiger partial charge in [-0.25, -0.2) is 14.2 Å². The van der Waals surface area contributed by atoms with Gasteiger partial charge in [0.05, 0.1) is 12.0 Å². The van der Waals surface area contributed by atoms with Gasteiger partial charge in [0.25, 0.3) is 0 Å². The number of carbonyl (C=O) groups is 1. The Morgan fingerprint density at radius 2 is 2.19 bits per heavy atom. The molecule has 1 aliphatic heterocycles. The van der Waals surface area contributed by atoms with Crippen LogP contribution in [0.2, 0.25) is 0 Å². The highest BCUT2D eigenvalue weighted by Crippen LogP contribution is 2.28. The van der Waals surface area contributed by atoms with Crippen LogP contribution in [0.4, 0.5) is 10.2 Å². The highest BCUT2D eigenvalue weighted by atomic mass is 19.1. The predicted octanol–water partition coefficient (Wildman–Crippen LogP) is 2.20. The normalized spacial score (nSPS) is 16.0. The zero-order valence-electron chi connectivity index (χ0n) is 18.2. The Hall–Kier alpha value is -3.33. The number of rotatable bonds is 6. The summed E-state index contributed by atoms with van der Waals surface area (Å²) < 4.78 is 22.1.